The Hall–Kier alpha value is -0.760. The third-order valence-corrected chi connectivity index (χ3v) is 7.39. The fraction of sp³-hybridized carbons (Fsp3) is 0.789. The maximum atomic E-state index is 9.76. The van der Waals surface area contributed by atoms with Crippen molar-refractivity contribution >= 4 is 0 Å². The van der Waals surface area contributed by atoms with Gasteiger partial charge in [0.25, 0.3) is 0 Å². The van der Waals surface area contributed by atoms with Gasteiger partial charge in [0.05, 0.1) is 6.10 Å². The number of hydrogen-bond acceptors (Lipinski definition) is 2. The minimum absolute atomic E-state index is 0.416. The number of aliphatic hydroxyl groups excluding tert-OH is 1. The van der Waals surface area contributed by atoms with Crippen molar-refractivity contribution in [1.82, 2.24) is 0 Å². The van der Waals surface area contributed by atoms with Crippen molar-refractivity contribution in [2.75, 3.05) is 7.11 Å². The second kappa shape index (κ2) is 4.87. The Bertz CT molecular complexity index is 480. The first-order valence-electron chi connectivity index (χ1n) is 8.75. The van der Waals surface area contributed by atoms with E-state index in [1.165, 1.54) is 38.5 Å². The molecule has 0 radical (unpaired) electrons. The minimum atomic E-state index is 0.416. The molecule has 1 N–H and O–H groups in total. The molecule has 3 saturated carbocycles. The highest BCUT2D eigenvalue weighted by atomic mass is 16.5. The molecule has 2 heteroatoms. The fourth-order valence-electron chi connectivity index (χ4n) is 6.41. The number of hydrogen-bond donors (Lipinski definition) is 1. The summed E-state index contributed by atoms with van der Waals surface area (Å²) in [5.41, 5.74) is 0.416. The van der Waals surface area contributed by atoms with Gasteiger partial charge in [-0.05, 0) is 85.7 Å². The molecule has 0 saturated heterocycles. The number of methoxy groups -OCH3 is 1. The Morgan fingerprint density at radius 2 is 2.00 bits per heavy atom. The molecular formula is C19H28O2. The Morgan fingerprint density at radius 3 is 2.81 bits per heavy atom. The van der Waals surface area contributed by atoms with Crippen molar-refractivity contribution in [3.05, 3.63) is 24.0 Å². The van der Waals surface area contributed by atoms with E-state index in [0.29, 0.717) is 29.1 Å². The van der Waals surface area contributed by atoms with E-state index < -0.39 is 0 Å². The van der Waals surface area contributed by atoms with Gasteiger partial charge in [0.2, 0.25) is 0 Å². The first-order valence-corrected chi connectivity index (χ1v) is 8.75. The van der Waals surface area contributed by atoms with Crippen LogP contribution in [-0.4, -0.2) is 18.3 Å². The molecule has 0 aromatic heterocycles. The van der Waals surface area contributed by atoms with E-state index in [2.05, 4.69) is 19.1 Å². The predicted octanol–water partition coefficient (Wildman–Crippen LogP) is 4.48. The van der Waals surface area contributed by atoms with Crippen molar-refractivity contribution < 1.29 is 9.84 Å². The van der Waals surface area contributed by atoms with Crippen LogP contribution in [0.5, 0.6) is 0 Å². The van der Waals surface area contributed by atoms with Crippen molar-refractivity contribution in [2.45, 2.75) is 51.6 Å². The highest BCUT2D eigenvalue weighted by Crippen LogP contribution is 2.62. The summed E-state index contributed by atoms with van der Waals surface area (Å²) in [6, 6.07) is 0. The smallest absolute Gasteiger partial charge is 0.111 e. The van der Waals surface area contributed by atoms with E-state index in [-0.39, 0.29) is 0 Å². The van der Waals surface area contributed by atoms with Gasteiger partial charge in [-0.15, -0.1) is 0 Å². The molecule has 0 amide bonds. The summed E-state index contributed by atoms with van der Waals surface area (Å²) < 4.78 is 5.83. The summed E-state index contributed by atoms with van der Waals surface area (Å²) in [6.45, 7) is 2.49. The third kappa shape index (κ3) is 1.94. The zero-order valence-corrected chi connectivity index (χ0v) is 13.3. The maximum Gasteiger partial charge on any atom is 0.111 e. The average Bonchev–Trinajstić information content (AvgIpc) is 2.83. The van der Waals surface area contributed by atoms with E-state index in [0.717, 1.165) is 17.8 Å². The lowest BCUT2D eigenvalue weighted by Gasteiger charge is -2.54. The molecule has 0 bridgehead atoms. The van der Waals surface area contributed by atoms with Crippen LogP contribution in [0.25, 0.3) is 0 Å². The quantitative estimate of drug-likeness (QED) is 0.770. The molecule has 2 nitrogen and oxygen atoms in total. The molecule has 7 atom stereocenters. The van der Waals surface area contributed by atoms with Gasteiger partial charge >= 0.3 is 0 Å². The first kappa shape index (κ1) is 13.9. The number of rotatable bonds is 1. The van der Waals surface area contributed by atoms with Gasteiger partial charge in [-0.2, -0.15) is 0 Å². The summed E-state index contributed by atoms with van der Waals surface area (Å²) in [4.78, 5) is 0. The van der Waals surface area contributed by atoms with Crippen LogP contribution < -0.4 is 0 Å². The Balaban J connectivity index is 1.60. The highest BCUT2D eigenvalue weighted by molar-refractivity contribution is 5.22. The highest BCUT2D eigenvalue weighted by Gasteiger charge is 2.56. The van der Waals surface area contributed by atoms with E-state index in [1.54, 1.807) is 0 Å². The third-order valence-electron chi connectivity index (χ3n) is 7.39. The van der Waals surface area contributed by atoms with Gasteiger partial charge in [0.1, 0.15) is 5.76 Å². The van der Waals surface area contributed by atoms with Crippen LogP contribution in [0.15, 0.2) is 24.0 Å². The molecule has 4 aliphatic rings. The van der Waals surface area contributed by atoms with Gasteiger partial charge in [0, 0.05) is 7.11 Å². The standard InChI is InChI=1S/C19H28O2/c1-19-10-9-15-14-6-4-13(20)11-12(14)3-5-16(15)17(19)7-8-18(19)21-2/h4,6,11-12,14-18,20H,3,5,7-10H2,1-2H3. The summed E-state index contributed by atoms with van der Waals surface area (Å²) in [5, 5.41) is 9.76. The second-order valence-corrected chi connectivity index (χ2v) is 8.05. The Kier molecular flexibility index (Phi) is 3.22. The Morgan fingerprint density at radius 1 is 1.14 bits per heavy atom. The maximum absolute atomic E-state index is 9.76. The van der Waals surface area contributed by atoms with Crippen molar-refractivity contribution in [2.24, 2.45) is 35.0 Å². The summed E-state index contributed by atoms with van der Waals surface area (Å²) in [5.74, 6) is 4.30. The minimum Gasteiger partial charge on any atom is -0.508 e. The number of allylic oxidation sites excluding steroid dienone is 3. The number of fused-ring (bicyclic) bond motifs is 5. The van der Waals surface area contributed by atoms with Crippen LogP contribution in [0.3, 0.4) is 0 Å². The molecule has 0 spiro atoms. The molecular weight excluding hydrogens is 260 g/mol. The molecule has 0 aromatic carbocycles. The predicted molar refractivity (Wildman–Crippen MR) is 83.9 cm³/mol. The average molecular weight is 288 g/mol. The summed E-state index contributed by atoms with van der Waals surface area (Å²) in [7, 11) is 1.90. The van der Waals surface area contributed by atoms with Crippen LogP contribution in [0.4, 0.5) is 0 Å². The van der Waals surface area contributed by atoms with E-state index >= 15 is 0 Å². The zero-order chi connectivity index (χ0) is 14.6. The lowest BCUT2D eigenvalue weighted by Crippen LogP contribution is -2.48. The van der Waals surface area contributed by atoms with Crippen molar-refractivity contribution in [1.29, 1.82) is 0 Å². The van der Waals surface area contributed by atoms with E-state index in [9.17, 15) is 5.11 Å². The SMILES string of the molecule is COC1CCC2C3CCC4C=C(O)C=CC4C3CCC12C. The van der Waals surface area contributed by atoms with Gasteiger partial charge in [-0.1, -0.05) is 13.0 Å². The molecule has 21 heavy (non-hydrogen) atoms. The fourth-order valence-corrected chi connectivity index (χ4v) is 6.41. The van der Waals surface area contributed by atoms with Gasteiger partial charge < -0.3 is 9.84 Å². The van der Waals surface area contributed by atoms with Crippen molar-refractivity contribution in [3.63, 3.8) is 0 Å². The molecule has 7 unspecified atom stereocenters. The van der Waals surface area contributed by atoms with Crippen molar-refractivity contribution in [3.8, 4) is 0 Å². The molecule has 0 heterocycles. The molecule has 4 aliphatic carbocycles. The van der Waals surface area contributed by atoms with Gasteiger partial charge in [0.15, 0.2) is 0 Å². The van der Waals surface area contributed by atoms with Gasteiger partial charge in [-0.25, -0.2) is 0 Å². The van der Waals surface area contributed by atoms with Crippen LogP contribution in [0.2, 0.25) is 0 Å². The first-order chi connectivity index (χ1) is 10.1. The molecule has 116 valence electrons. The topological polar surface area (TPSA) is 29.5 Å². The van der Waals surface area contributed by atoms with Crippen LogP contribution >= 0.6 is 0 Å². The molecule has 0 aliphatic heterocycles. The molecule has 4 rings (SSSR count). The molecule has 0 aromatic rings. The van der Waals surface area contributed by atoms with Crippen LogP contribution in [-0.2, 0) is 4.74 Å². The van der Waals surface area contributed by atoms with Crippen LogP contribution in [0.1, 0.15) is 45.4 Å². The zero-order valence-electron chi connectivity index (χ0n) is 13.3. The van der Waals surface area contributed by atoms with Gasteiger partial charge in [-0.3, -0.25) is 0 Å². The molecule has 3 fully saturated rings. The van der Waals surface area contributed by atoms with Crippen LogP contribution in [0, 0.1) is 35.0 Å². The summed E-state index contributed by atoms with van der Waals surface area (Å²) >= 11 is 0. The largest absolute Gasteiger partial charge is 0.508 e. The van der Waals surface area contributed by atoms with E-state index in [4.69, 9.17) is 4.74 Å². The number of aliphatic hydroxyl groups is 1. The number of ether oxygens (including phenoxy) is 1. The van der Waals surface area contributed by atoms with E-state index in [1.807, 2.05) is 13.2 Å². The second-order valence-electron chi connectivity index (χ2n) is 8.05. The lowest BCUT2D eigenvalue weighted by atomic mass is 9.52. The monoisotopic (exact) mass is 288 g/mol. The Labute approximate surface area is 128 Å². The normalized spacial score (nSPS) is 51.8. The lowest BCUT2D eigenvalue weighted by molar-refractivity contribution is -0.0747. The summed E-state index contributed by atoms with van der Waals surface area (Å²) in [6.07, 6.45) is 14.7.